The Morgan fingerprint density at radius 2 is 2.07 bits per heavy atom. The van der Waals surface area contributed by atoms with Crippen LogP contribution < -0.4 is 15.4 Å². The first kappa shape index (κ1) is 24.0. The minimum Gasteiger partial charge on any atom is -0.496 e. The van der Waals surface area contributed by atoms with Gasteiger partial charge in [0, 0.05) is 32.8 Å². The number of benzene rings is 1. The molecule has 1 aliphatic rings. The highest BCUT2D eigenvalue weighted by Gasteiger charge is 2.23. The maximum atomic E-state index is 5.42. The lowest BCUT2D eigenvalue weighted by molar-refractivity contribution is 0.142. The van der Waals surface area contributed by atoms with Gasteiger partial charge < -0.3 is 20.1 Å². The standard InChI is InChI=1S/C20H34N4O2.HI/c1-4-21-20(22-12-11-17-8-5-6-10-19(17)26-3)23-16-18-9-7-13-24(18)14-15-25-2;/h5-6,8,10,18H,4,7,9,11-16H2,1-3H3,(H2,21,22,23);1H. The fourth-order valence-corrected chi connectivity index (χ4v) is 3.37. The molecular weight excluding hydrogens is 455 g/mol. The topological polar surface area (TPSA) is 58.1 Å². The Balaban J connectivity index is 0.00000364. The van der Waals surface area contributed by atoms with E-state index in [1.165, 1.54) is 18.4 Å². The van der Waals surface area contributed by atoms with E-state index in [9.17, 15) is 0 Å². The lowest BCUT2D eigenvalue weighted by Crippen LogP contribution is -2.40. The number of para-hydroxylation sites is 1. The van der Waals surface area contributed by atoms with Crippen LogP contribution in [0.5, 0.6) is 5.75 Å². The molecule has 0 saturated carbocycles. The molecule has 0 spiro atoms. The summed E-state index contributed by atoms with van der Waals surface area (Å²) in [7, 11) is 3.48. The Hall–Kier alpha value is -1.06. The fraction of sp³-hybridized carbons (Fsp3) is 0.650. The summed E-state index contributed by atoms with van der Waals surface area (Å²) in [5, 5.41) is 6.79. The predicted molar refractivity (Wildman–Crippen MR) is 123 cm³/mol. The quantitative estimate of drug-likeness (QED) is 0.300. The first-order valence-electron chi connectivity index (χ1n) is 9.65. The van der Waals surface area contributed by atoms with E-state index in [1.54, 1.807) is 14.2 Å². The van der Waals surface area contributed by atoms with Crippen LogP contribution in [0.25, 0.3) is 0 Å². The number of ether oxygens (including phenoxy) is 2. The smallest absolute Gasteiger partial charge is 0.191 e. The molecule has 1 heterocycles. The van der Waals surface area contributed by atoms with Gasteiger partial charge in [0.15, 0.2) is 5.96 Å². The van der Waals surface area contributed by atoms with E-state index < -0.39 is 0 Å². The molecule has 0 radical (unpaired) electrons. The van der Waals surface area contributed by atoms with E-state index in [0.717, 1.165) is 57.5 Å². The van der Waals surface area contributed by atoms with Crippen LogP contribution in [0, 0.1) is 0 Å². The van der Waals surface area contributed by atoms with Crippen LogP contribution in [0.2, 0.25) is 0 Å². The first-order chi connectivity index (χ1) is 12.8. The zero-order valence-corrected chi connectivity index (χ0v) is 19.2. The third-order valence-corrected chi connectivity index (χ3v) is 4.77. The van der Waals surface area contributed by atoms with Crippen molar-refractivity contribution in [3.05, 3.63) is 29.8 Å². The molecule has 1 aliphatic heterocycles. The molecule has 154 valence electrons. The zero-order valence-electron chi connectivity index (χ0n) is 16.9. The van der Waals surface area contributed by atoms with Gasteiger partial charge in [0.25, 0.3) is 0 Å². The molecule has 2 N–H and O–H groups in total. The van der Waals surface area contributed by atoms with Crippen molar-refractivity contribution in [1.29, 1.82) is 0 Å². The number of nitrogens with one attached hydrogen (secondary N) is 2. The third kappa shape index (κ3) is 8.23. The Morgan fingerprint density at radius 3 is 2.81 bits per heavy atom. The lowest BCUT2D eigenvalue weighted by Gasteiger charge is -2.23. The van der Waals surface area contributed by atoms with Gasteiger partial charge >= 0.3 is 0 Å². The second-order valence-electron chi connectivity index (χ2n) is 6.53. The van der Waals surface area contributed by atoms with E-state index in [4.69, 9.17) is 14.5 Å². The molecule has 0 amide bonds. The van der Waals surface area contributed by atoms with Crippen molar-refractivity contribution in [2.45, 2.75) is 32.2 Å². The summed E-state index contributed by atoms with van der Waals surface area (Å²) in [6.07, 6.45) is 3.37. The van der Waals surface area contributed by atoms with Crippen LogP contribution in [0.3, 0.4) is 0 Å². The predicted octanol–water partition coefficient (Wildman–Crippen LogP) is 2.52. The van der Waals surface area contributed by atoms with E-state index in [-0.39, 0.29) is 24.0 Å². The number of methoxy groups -OCH3 is 2. The number of nitrogens with zero attached hydrogens (tertiary/aromatic N) is 2. The number of halogens is 1. The summed E-state index contributed by atoms with van der Waals surface area (Å²) in [5.74, 6) is 1.83. The molecule has 27 heavy (non-hydrogen) atoms. The minimum absolute atomic E-state index is 0. The number of aliphatic imine (C=N–C) groups is 1. The van der Waals surface area contributed by atoms with Gasteiger partial charge in [0.1, 0.15) is 5.75 Å². The molecule has 1 aromatic rings. The summed E-state index contributed by atoms with van der Waals surface area (Å²) < 4.78 is 10.6. The molecular formula is C20H35IN4O2. The highest BCUT2D eigenvalue weighted by molar-refractivity contribution is 14.0. The summed E-state index contributed by atoms with van der Waals surface area (Å²) in [6, 6.07) is 8.68. The van der Waals surface area contributed by atoms with Crippen molar-refractivity contribution in [2.75, 3.05) is 53.6 Å². The average molecular weight is 490 g/mol. The van der Waals surface area contributed by atoms with Crippen molar-refractivity contribution < 1.29 is 9.47 Å². The third-order valence-electron chi connectivity index (χ3n) is 4.77. The van der Waals surface area contributed by atoms with E-state index in [0.29, 0.717) is 6.04 Å². The molecule has 1 fully saturated rings. The van der Waals surface area contributed by atoms with Crippen molar-refractivity contribution in [2.24, 2.45) is 4.99 Å². The van der Waals surface area contributed by atoms with Crippen LogP contribution in [0.15, 0.2) is 29.3 Å². The average Bonchev–Trinajstić information content (AvgIpc) is 3.12. The van der Waals surface area contributed by atoms with E-state index in [2.05, 4.69) is 28.5 Å². The molecule has 6 nitrogen and oxygen atoms in total. The van der Waals surface area contributed by atoms with Gasteiger partial charge in [0.05, 0.1) is 20.3 Å². The summed E-state index contributed by atoms with van der Waals surface area (Å²) >= 11 is 0. The van der Waals surface area contributed by atoms with Crippen LogP contribution in [-0.4, -0.2) is 70.5 Å². The monoisotopic (exact) mass is 490 g/mol. The van der Waals surface area contributed by atoms with Crippen LogP contribution in [-0.2, 0) is 11.2 Å². The maximum Gasteiger partial charge on any atom is 0.191 e. The molecule has 0 aromatic heterocycles. The van der Waals surface area contributed by atoms with E-state index in [1.807, 2.05) is 18.2 Å². The Kier molecular flexibility index (Phi) is 12.4. The zero-order chi connectivity index (χ0) is 18.6. The van der Waals surface area contributed by atoms with Gasteiger partial charge in [0.2, 0.25) is 0 Å². The highest BCUT2D eigenvalue weighted by Crippen LogP contribution is 2.18. The highest BCUT2D eigenvalue weighted by atomic mass is 127. The van der Waals surface area contributed by atoms with Crippen molar-refractivity contribution >= 4 is 29.9 Å². The Morgan fingerprint density at radius 1 is 1.26 bits per heavy atom. The summed E-state index contributed by atoms with van der Waals surface area (Å²) in [5.41, 5.74) is 1.21. The molecule has 1 atom stereocenters. The van der Waals surface area contributed by atoms with Gasteiger partial charge in [-0.15, -0.1) is 24.0 Å². The normalized spacial score (nSPS) is 17.4. The number of likely N-dealkylation sites (tertiary alicyclic amines) is 1. The van der Waals surface area contributed by atoms with Crippen molar-refractivity contribution in [3.8, 4) is 5.75 Å². The van der Waals surface area contributed by atoms with Crippen LogP contribution >= 0.6 is 24.0 Å². The molecule has 1 aromatic carbocycles. The molecule has 1 saturated heterocycles. The van der Waals surface area contributed by atoms with Gasteiger partial charge in [-0.1, -0.05) is 18.2 Å². The van der Waals surface area contributed by atoms with Gasteiger partial charge in [-0.2, -0.15) is 0 Å². The number of hydrogen-bond acceptors (Lipinski definition) is 4. The minimum atomic E-state index is 0. The fourth-order valence-electron chi connectivity index (χ4n) is 3.37. The van der Waals surface area contributed by atoms with Crippen LogP contribution in [0.4, 0.5) is 0 Å². The second-order valence-corrected chi connectivity index (χ2v) is 6.53. The Labute approximate surface area is 181 Å². The van der Waals surface area contributed by atoms with Gasteiger partial charge in [-0.05, 0) is 44.4 Å². The molecule has 0 aliphatic carbocycles. The molecule has 0 bridgehead atoms. The lowest BCUT2D eigenvalue weighted by atomic mass is 10.1. The second kappa shape index (κ2) is 14.0. The van der Waals surface area contributed by atoms with Crippen LogP contribution in [0.1, 0.15) is 25.3 Å². The summed E-state index contributed by atoms with van der Waals surface area (Å²) in [6.45, 7) is 7.54. The van der Waals surface area contributed by atoms with Crippen molar-refractivity contribution in [1.82, 2.24) is 15.5 Å². The molecule has 7 heteroatoms. The van der Waals surface area contributed by atoms with Crippen molar-refractivity contribution in [3.63, 3.8) is 0 Å². The Bertz CT molecular complexity index is 557. The van der Waals surface area contributed by atoms with Gasteiger partial charge in [-0.3, -0.25) is 9.89 Å². The molecule has 1 unspecified atom stereocenters. The number of rotatable bonds is 10. The largest absolute Gasteiger partial charge is 0.496 e. The SMILES string of the molecule is CCNC(=NCC1CCCN1CCOC)NCCc1ccccc1OC.I. The van der Waals surface area contributed by atoms with Gasteiger partial charge in [-0.25, -0.2) is 0 Å². The number of hydrogen-bond donors (Lipinski definition) is 2. The van der Waals surface area contributed by atoms with E-state index >= 15 is 0 Å². The number of guanidine groups is 1. The maximum absolute atomic E-state index is 5.42. The molecule has 2 rings (SSSR count). The summed E-state index contributed by atoms with van der Waals surface area (Å²) in [4.78, 5) is 7.30. The first-order valence-corrected chi connectivity index (χ1v) is 9.65.